The highest BCUT2D eigenvalue weighted by Gasteiger charge is 2.35. The molecule has 0 spiro atoms. The van der Waals surface area contributed by atoms with Gasteiger partial charge < -0.3 is 10.3 Å². The van der Waals surface area contributed by atoms with E-state index in [4.69, 9.17) is 16.6 Å². The molecule has 160 valence electrons. The summed E-state index contributed by atoms with van der Waals surface area (Å²) in [5.74, 6) is 0.308. The van der Waals surface area contributed by atoms with Gasteiger partial charge in [-0.15, -0.1) is 0 Å². The van der Waals surface area contributed by atoms with E-state index in [1.807, 2.05) is 48.5 Å². The van der Waals surface area contributed by atoms with Gasteiger partial charge in [0.1, 0.15) is 11.0 Å². The molecule has 3 heterocycles. The Labute approximate surface area is 194 Å². The molecule has 6 nitrogen and oxygen atoms in total. The minimum atomic E-state index is -0.401. The van der Waals surface area contributed by atoms with Crippen molar-refractivity contribution in [2.75, 3.05) is 0 Å². The van der Waals surface area contributed by atoms with Crippen molar-refractivity contribution in [2.24, 2.45) is 0 Å². The van der Waals surface area contributed by atoms with Crippen LogP contribution in [0, 0.1) is 0 Å². The first-order valence-electron chi connectivity index (χ1n) is 10.6. The maximum atomic E-state index is 13.4. The van der Waals surface area contributed by atoms with Crippen LogP contribution in [0.5, 0.6) is 0 Å². The van der Waals surface area contributed by atoms with Crippen LogP contribution in [0.1, 0.15) is 22.6 Å². The number of halogens is 1. The van der Waals surface area contributed by atoms with Gasteiger partial charge in [0.25, 0.3) is 0 Å². The number of H-pyrrole nitrogens is 1. The molecule has 0 fully saturated rings. The lowest BCUT2D eigenvalue weighted by atomic mass is 9.94. The lowest BCUT2D eigenvalue weighted by Gasteiger charge is -2.14. The SMILES string of the molecule is O=C(NCc1ccc(Cl)nc1)C1c2ccccc2-c2c(-c3nc4ccncc4[nH]3)cccc21. The molecule has 1 unspecified atom stereocenters. The predicted octanol–water partition coefficient (Wildman–Crippen LogP) is 5.10. The fourth-order valence-corrected chi connectivity index (χ4v) is 4.63. The van der Waals surface area contributed by atoms with Crippen molar-refractivity contribution in [3.63, 3.8) is 0 Å². The number of carbonyl (C=O) groups excluding carboxylic acids is 1. The Morgan fingerprint density at radius 3 is 2.67 bits per heavy atom. The van der Waals surface area contributed by atoms with E-state index < -0.39 is 5.92 Å². The van der Waals surface area contributed by atoms with Gasteiger partial charge in [-0.05, 0) is 39.9 Å². The van der Waals surface area contributed by atoms with Crippen LogP contribution >= 0.6 is 11.6 Å². The average molecular weight is 452 g/mol. The normalized spacial score (nSPS) is 14.2. The first-order valence-corrected chi connectivity index (χ1v) is 11.0. The van der Waals surface area contributed by atoms with Gasteiger partial charge in [0.15, 0.2) is 0 Å². The largest absolute Gasteiger partial charge is 0.351 e. The number of aromatic amines is 1. The highest BCUT2D eigenvalue weighted by molar-refractivity contribution is 6.29. The van der Waals surface area contributed by atoms with Crippen molar-refractivity contribution < 1.29 is 4.79 Å². The number of amides is 1. The predicted molar refractivity (Wildman–Crippen MR) is 128 cm³/mol. The van der Waals surface area contributed by atoms with E-state index in [0.29, 0.717) is 11.7 Å². The Balaban J connectivity index is 1.41. The monoisotopic (exact) mass is 451 g/mol. The number of pyridine rings is 2. The standard InChI is InChI=1S/C26H18ClN5O/c27-22-9-8-15(12-29-22)13-30-26(33)24-17-5-2-1-4-16(17)23-18(24)6-3-7-19(23)25-31-20-10-11-28-14-21(20)32-25/h1-12,14,24H,13H2,(H,30,33)(H,31,32). The average Bonchev–Trinajstić information content (AvgIpc) is 3.43. The van der Waals surface area contributed by atoms with Crippen LogP contribution < -0.4 is 5.32 Å². The highest BCUT2D eigenvalue weighted by atomic mass is 35.5. The maximum Gasteiger partial charge on any atom is 0.232 e. The van der Waals surface area contributed by atoms with E-state index in [9.17, 15) is 4.79 Å². The van der Waals surface area contributed by atoms with Crippen molar-refractivity contribution >= 4 is 28.5 Å². The van der Waals surface area contributed by atoms with Crippen LogP contribution in [0.3, 0.4) is 0 Å². The molecule has 6 rings (SSSR count). The smallest absolute Gasteiger partial charge is 0.232 e. The van der Waals surface area contributed by atoms with E-state index in [-0.39, 0.29) is 5.91 Å². The molecule has 1 aliphatic carbocycles. The van der Waals surface area contributed by atoms with Gasteiger partial charge in [-0.25, -0.2) is 9.97 Å². The quantitative estimate of drug-likeness (QED) is 0.372. The molecule has 5 aromatic rings. The highest BCUT2D eigenvalue weighted by Crippen LogP contribution is 2.48. The van der Waals surface area contributed by atoms with Gasteiger partial charge in [0.2, 0.25) is 5.91 Å². The fraction of sp³-hybridized carbons (Fsp3) is 0.0769. The first-order chi connectivity index (χ1) is 16.2. The van der Waals surface area contributed by atoms with E-state index in [1.54, 1.807) is 24.7 Å². The van der Waals surface area contributed by atoms with E-state index in [1.165, 1.54) is 0 Å². The van der Waals surface area contributed by atoms with Gasteiger partial charge >= 0.3 is 0 Å². The number of nitrogens with zero attached hydrogens (tertiary/aromatic N) is 3. The molecular formula is C26H18ClN5O. The van der Waals surface area contributed by atoms with Crippen LogP contribution in [0.4, 0.5) is 0 Å². The second kappa shape index (κ2) is 7.83. The molecule has 0 radical (unpaired) electrons. The van der Waals surface area contributed by atoms with E-state index >= 15 is 0 Å². The number of imidazole rings is 1. The van der Waals surface area contributed by atoms with Crippen LogP contribution in [-0.4, -0.2) is 25.8 Å². The van der Waals surface area contributed by atoms with Crippen LogP contribution in [0.25, 0.3) is 33.5 Å². The zero-order chi connectivity index (χ0) is 22.4. The van der Waals surface area contributed by atoms with Crippen LogP contribution in [0.15, 0.2) is 79.3 Å². The van der Waals surface area contributed by atoms with Gasteiger partial charge in [-0.3, -0.25) is 9.78 Å². The lowest BCUT2D eigenvalue weighted by Crippen LogP contribution is -2.28. The molecule has 2 aromatic carbocycles. The summed E-state index contributed by atoms with van der Waals surface area (Å²) in [6, 6.07) is 19.6. The number of hydrogen-bond acceptors (Lipinski definition) is 4. The van der Waals surface area contributed by atoms with Crippen molar-refractivity contribution in [3.05, 3.63) is 101 Å². The third kappa shape index (κ3) is 3.36. The van der Waals surface area contributed by atoms with Crippen LogP contribution in [-0.2, 0) is 11.3 Å². The minimum Gasteiger partial charge on any atom is -0.351 e. The number of rotatable bonds is 4. The summed E-state index contributed by atoms with van der Waals surface area (Å²) in [6.45, 7) is 0.382. The minimum absolute atomic E-state index is 0.0536. The van der Waals surface area contributed by atoms with Crippen molar-refractivity contribution in [1.29, 1.82) is 0 Å². The topological polar surface area (TPSA) is 83.6 Å². The summed E-state index contributed by atoms with van der Waals surface area (Å²) in [5, 5.41) is 3.50. The molecular weight excluding hydrogens is 434 g/mol. The molecule has 0 aliphatic heterocycles. The molecule has 1 atom stereocenters. The Bertz CT molecular complexity index is 1480. The van der Waals surface area contributed by atoms with Gasteiger partial charge in [0.05, 0.1) is 23.1 Å². The summed E-state index contributed by atoms with van der Waals surface area (Å²) in [5.41, 5.74) is 7.64. The number of benzene rings is 2. The molecule has 0 bridgehead atoms. The lowest BCUT2D eigenvalue weighted by molar-refractivity contribution is -0.121. The van der Waals surface area contributed by atoms with Crippen molar-refractivity contribution in [3.8, 4) is 22.5 Å². The molecule has 0 saturated carbocycles. The summed E-state index contributed by atoms with van der Waals surface area (Å²) in [7, 11) is 0. The molecule has 3 aromatic heterocycles. The number of fused-ring (bicyclic) bond motifs is 4. The molecule has 7 heteroatoms. The van der Waals surface area contributed by atoms with E-state index in [0.717, 1.165) is 50.2 Å². The van der Waals surface area contributed by atoms with Crippen LogP contribution in [0.2, 0.25) is 5.15 Å². The number of hydrogen-bond donors (Lipinski definition) is 2. The third-order valence-corrected chi connectivity index (χ3v) is 6.23. The summed E-state index contributed by atoms with van der Waals surface area (Å²) >= 11 is 5.87. The number of aromatic nitrogens is 4. The second-order valence-corrected chi connectivity index (χ2v) is 8.36. The summed E-state index contributed by atoms with van der Waals surface area (Å²) < 4.78 is 0. The van der Waals surface area contributed by atoms with Gasteiger partial charge in [-0.2, -0.15) is 0 Å². The number of nitrogens with one attached hydrogen (secondary N) is 2. The fourth-order valence-electron chi connectivity index (χ4n) is 4.52. The molecule has 33 heavy (non-hydrogen) atoms. The molecule has 1 aliphatic rings. The van der Waals surface area contributed by atoms with Crippen molar-refractivity contribution in [2.45, 2.75) is 12.5 Å². The number of carbonyl (C=O) groups is 1. The second-order valence-electron chi connectivity index (χ2n) is 7.98. The molecule has 0 saturated heterocycles. The Morgan fingerprint density at radius 2 is 1.82 bits per heavy atom. The van der Waals surface area contributed by atoms with Crippen molar-refractivity contribution in [1.82, 2.24) is 25.3 Å². The van der Waals surface area contributed by atoms with Gasteiger partial charge in [0, 0.05) is 24.5 Å². The summed E-state index contributed by atoms with van der Waals surface area (Å²) in [6.07, 6.45) is 5.17. The molecule has 2 N–H and O–H groups in total. The Morgan fingerprint density at radius 1 is 0.970 bits per heavy atom. The van der Waals surface area contributed by atoms with Gasteiger partial charge in [-0.1, -0.05) is 60.1 Å². The molecule has 1 amide bonds. The third-order valence-electron chi connectivity index (χ3n) is 6.00. The maximum absolute atomic E-state index is 13.4. The zero-order valence-electron chi connectivity index (χ0n) is 17.4. The Kier molecular flexibility index (Phi) is 4.66. The van der Waals surface area contributed by atoms with E-state index in [2.05, 4.69) is 26.3 Å². The Hall–Kier alpha value is -4.03. The first kappa shape index (κ1) is 19.6. The zero-order valence-corrected chi connectivity index (χ0v) is 18.2. The summed E-state index contributed by atoms with van der Waals surface area (Å²) in [4.78, 5) is 29.8.